The van der Waals surface area contributed by atoms with Crippen LogP contribution in [0.2, 0.25) is 0 Å². The Bertz CT molecular complexity index is 331. The van der Waals surface area contributed by atoms with Crippen LogP contribution in [0, 0.1) is 11.8 Å². The molecular formula is C12H21N3O3. The molecule has 2 atom stereocenters. The fourth-order valence-corrected chi connectivity index (χ4v) is 2.48. The van der Waals surface area contributed by atoms with Gasteiger partial charge in [0.05, 0.1) is 6.42 Å². The lowest BCUT2D eigenvalue weighted by molar-refractivity contribution is -0.137. The van der Waals surface area contributed by atoms with Crippen LogP contribution < -0.4 is 11.1 Å². The van der Waals surface area contributed by atoms with Gasteiger partial charge in [-0.1, -0.05) is 0 Å². The van der Waals surface area contributed by atoms with E-state index in [4.69, 9.17) is 10.8 Å². The van der Waals surface area contributed by atoms with Gasteiger partial charge >= 0.3 is 12.0 Å². The number of nitrogens with zero attached hydrogens (tertiary/aromatic N) is 1. The second kappa shape index (κ2) is 5.56. The van der Waals surface area contributed by atoms with Crippen LogP contribution in [0.4, 0.5) is 4.79 Å². The molecule has 1 aliphatic carbocycles. The number of carbonyl (C=O) groups is 2. The second-order valence-electron chi connectivity index (χ2n) is 5.33. The molecule has 2 fully saturated rings. The monoisotopic (exact) mass is 255 g/mol. The molecule has 0 aromatic carbocycles. The topological polar surface area (TPSA) is 95.7 Å². The van der Waals surface area contributed by atoms with Crippen molar-refractivity contribution in [2.45, 2.75) is 31.7 Å². The highest BCUT2D eigenvalue weighted by atomic mass is 16.4. The van der Waals surface area contributed by atoms with Crippen molar-refractivity contribution >= 4 is 12.0 Å². The van der Waals surface area contributed by atoms with Gasteiger partial charge in [0.25, 0.3) is 0 Å². The number of carboxylic acid groups (broad SMARTS) is 1. The van der Waals surface area contributed by atoms with Gasteiger partial charge in [-0.2, -0.15) is 0 Å². The number of rotatable bonds is 5. The van der Waals surface area contributed by atoms with Crippen molar-refractivity contribution in [2.75, 3.05) is 19.6 Å². The van der Waals surface area contributed by atoms with E-state index in [9.17, 15) is 9.59 Å². The number of nitrogens with one attached hydrogen (secondary N) is 1. The number of urea groups is 1. The number of hydrogen-bond acceptors (Lipinski definition) is 3. The molecule has 2 unspecified atom stereocenters. The van der Waals surface area contributed by atoms with Crippen LogP contribution in [-0.4, -0.2) is 47.7 Å². The molecule has 1 saturated heterocycles. The molecule has 1 heterocycles. The summed E-state index contributed by atoms with van der Waals surface area (Å²) >= 11 is 0. The SMILES string of the molecule is NCC1CCN(C(=O)NC(CC(=O)O)C2CC2)C1. The van der Waals surface area contributed by atoms with E-state index in [1.165, 1.54) is 0 Å². The van der Waals surface area contributed by atoms with Crippen LogP contribution in [0.25, 0.3) is 0 Å². The Kier molecular flexibility index (Phi) is 4.06. The van der Waals surface area contributed by atoms with E-state index in [2.05, 4.69) is 5.32 Å². The lowest BCUT2D eigenvalue weighted by Crippen LogP contribution is -2.45. The standard InChI is InChI=1S/C12H21N3O3/c13-6-8-3-4-15(7-8)12(18)14-10(5-11(16)17)9-1-2-9/h8-10H,1-7,13H2,(H,14,18)(H,16,17). The smallest absolute Gasteiger partial charge is 0.317 e. The molecule has 2 rings (SSSR count). The fraction of sp³-hybridized carbons (Fsp3) is 0.833. The summed E-state index contributed by atoms with van der Waals surface area (Å²) in [7, 11) is 0. The van der Waals surface area contributed by atoms with Crippen LogP contribution in [0.1, 0.15) is 25.7 Å². The third-order valence-corrected chi connectivity index (χ3v) is 3.80. The van der Waals surface area contributed by atoms with Gasteiger partial charge in [-0.3, -0.25) is 4.79 Å². The summed E-state index contributed by atoms with van der Waals surface area (Å²) in [5.41, 5.74) is 5.59. The minimum absolute atomic E-state index is 0.0184. The molecule has 6 heteroatoms. The van der Waals surface area contributed by atoms with Crippen LogP contribution >= 0.6 is 0 Å². The van der Waals surface area contributed by atoms with E-state index in [-0.39, 0.29) is 18.5 Å². The van der Waals surface area contributed by atoms with Crippen molar-refractivity contribution < 1.29 is 14.7 Å². The van der Waals surface area contributed by atoms with Crippen molar-refractivity contribution in [1.29, 1.82) is 0 Å². The first-order valence-electron chi connectivity index (χ1n) is 6.57. The van der Waals surface area contributed by atoms with E-state index >= 15 is 0 Å². The van der Waals surface area contributed by atoms with Crippen molar-refractivity contribution in [3.8, 4) is 0 Å². The molecule has 0 bridgehead atoms. The fourth-order valence-electron chi connectivity index (χ4n) is 2.48. The van der Waals surface area contributed by atoms with Gasteiger partial charge < -0.3 is 21.1 Å². The second-order valence-corrected chi connectivity index (χ2v) is 5.33. The molecule has 0 radical (unpaired) electrons. The van der Waals surface area contributed by atoms with E-state index < -0.39 is 5.97 Å². The zero-order valence-electron chi connectivity index (χ0n) is 10.5. The average molecular weight is 255 g/mol. The maximum atomic E-state index is 12.0. The number of carbonyl (C=O) groups excluding carboxylic acids is 1. The Morgan fingerprint density at radius 3 is 2.61 bits per heavy atom. The van der Waals surface area contributed by atoms with Gasteiger partial charge in [-0.05, 0) is 37.6 Å². The van der Waals surface area contributed by atoms with Crippen LogP contribution in [0.3, 0.4) is 0 Å². The number of carboxylic acids is 1. The maximum Gasteiger partial charge on any atom is 0.317 e. The van der Waals surface area contributed by atoms with E-state index in [0.717, 1.165) is 25.8 Å². The summed E-state index contributed by atoms with van der Waals surface area (Å²) in [6.07, 6.45) is 2.99. The molecule has 2 amide bonds. The molecule has 4 N–H and O–H groups in total. The molecule has 0 aromatic heterocycles. The third kappa shape index (κ3) is 3.35. The Morgan fingerprint density at radius 2 is 2.11 bits per heavy atom. The predicted octanol–water partition coefficient (Wildman–Crippen LogP) is 0.230. The quantitative estimate of drug-likeness (QED) is 0.655. The summed E-state index contributed by atoms with van der Waals surface area (Å²) in [5.74, 6) is -0.124. The van der Waals surface area contributed by atoms with Crippen LogP contribution in [0.15, 0.2) is 0 Å². The van der Waals surface area contributed by atoms with E-state index in [0.29, 0.717) is 24.9 Å². The van der Waals surface area contributed by atoms with Gasteiger partial charge in [0.15, 0.2) is 0 Å². The number of nitrogens with two attached hydrogens (primary N) is 1. The molecular weight excluding hydrogens is 234 g/mol. The van der Waals surface area contributed by atoms with Gasteiger partial charge in [0.1, 0.15) is 0 Å². The minimum atomic E-state index is -0.853. The molecule has 2 aliphatic rings. The lowest BCUT2D eigenvalue weighted by atomic mass is 10.1. The summed E-state index contributed by atoms with van der Waals surface area (Å²) in [6, 6.07) is -0.351. The highest BCUT2D eigenvalue weighted by Gasteiger charge is 2.35. The Morgan fingerprint density at radius 1 is 1.39 bits per heavy atom. The Labute approximate surface area is 107 Å². The largest absolute Gasteiger partial charge is 0.481 e. The highest BCUT2D eigenvalue weighted by Crippen LogP contribution is 2.34. The highest BCUT2D eigenvalue weighted by molar-refractivity contribution is 5.76. The first kappa shape index (κ1) is 13.1. The van der Waals surface area contributed by atoms with Gasteiger partial charge in [0, 0.05) is 19.1 Å². The minimum Gasteiger partial charge on any atom is -0.481 e. The molecule has 1 saturated carbocycles. The van der Waals surface area contributed by atoms with Gasteiger partial charge in [0.2, 0.25) is 0 Å². The molecule has 0 aromatic rings. The van der Waals surface area contributed by atoms with Gasteiger partial charge in [-0.25, -0.2) is 4.79 Å². The van der Waals surface area contributed by atoms with Crippen molar-refractivity contribution in [1.82, 2.24) is 10.2 Å². The Balaban J connectivity index is 1.83. The van der Waals surface area contributed by atoms with E-state index in [1.807, 2.05) is 0 Å². The summed E-state index contributed by atoms with van der Waals surface area (Å²) in [6.45, 7) is 2.01. The zero-order chi connectivity index (χ0) is 13.1. The van der Waals surface area contributed by atoms with Gasteiger partial charge in [-0.15, -0.1) is 0 Å². The van der Waals surface area contributed by atoms with Crippen molar-refractivity contribution in [2.24, 2.45) is 17.6 Å². The maximum absolute atomic E-state index is 12.0. The first-order valence-corrected chi connectivity index (χ1v) is 6.57. The van der Waals surface area contributed by atoms with Crippen molar-refractivity contribution in [3.05, 3.63) is 0 Å². The first-order chi connectivity index (χ1) is 8.60. The molecule has 0 spiro atoms. The normalized spacial score (nSPS) is 24.9. The number of amides is 2. The molecule has 1 aliphatic heterocycles. The van der Waals surface area contributed by atoms with Crippen LogP contribution in [0.5, 0.6) is 0 Å². The molecule has 6 nitrogen and oxygen atoms in total. The summed E-state index contributed by atoms with van der Waals surface area (Å²) in [4.78, 5) is 24.5. The summed E-state index contributed by atoms with van der Waals surface area (Å²) in [5, 5.41) is 11.7. The average Bonchev–Trinajstić information content (AvgIpc) is 3.05. The van der Waals surface area contributed by atoms with E-state index in [1.54, 1.807) is 4.90 Å². The molecule has 102 valence electrons. The number of likely N-dealkylation sites (tertiary alicyclic amines) is 1. The number of aliphatic carboxylic acids is 1. The lowest BCUT2D eigenvalue weighted by Gasteiger charge is -2.22. The number of hydrogen-bond donors (Lipinski definition) is 3. The van der Waals surface area contributed by atoms with Crippen molar-refractivity contribution in [3.63, 3.8) is 0 Å². The predicted molar refractivity (Wildman–Crippen MR) is 66.0 cm³/mol. The molecule has 18 heavy (non-hydrogen) atoms. The Hall–Kier alpha value is -1.30. The van der Waals surface area contributed by atoms with Crippen LogP contribution in [-0.2, 0) is 4.79 Å². The summed E-state index contributed by atoms with van der Waals surface area (Å²) < 4.78 is 0. The third-order valence-electron chi connectivity index (χ3n) is 3.80. The zero-order valence-corrected chi connectivity index (χ0v) is 10.5.